The lowest BCUT2D eigenvalue weighted by Gasteiger charge is -2.28. The van der Waals surface area contributed by atoms with E-state index in [9.17, 15) is 19.1 Å². The van der Waals surface area contributed by atoms with Crippen LogP contribution in [0, 0.1) is 17.7 Å². The summed E-state index contributed by atoms with van der Waals surface area (Å²) in [6.07, 6.45) is 4.09. The fraction of sp³-hybridized carbons (Fsp3) is 0.286. The third kappa shape index (κ3) is 3.17. The number of carbonyl (C=O) groups is 2. The number of allylic oxidation sites excluding steroid dienone is 2. The molecule has 4 nitrogen and oxygen atoms in total. The van der Waals surface area contributed by atoms with Gasteiger partial charge in [0.1, 0.15) is 5.82 Å². The molecule has 2 atom stereocenters. The molecular formula is C14H12ClFNO3-. The molecule has 0 heterocycles. The summed E-state index contributed by atoms with van der Waals surface area (Å²) < 4.78 is 13.0. The molecule has 20 heavy (non-hydrogen) atoms. The molecule has 2 rings (SSSR count). The normalized spacial score (nSPS) is 21.5. The highest BCUT2D eigenvalue weighted by molar-refractivity contribution is 6.31. The van der Waals surface area contributed by atoms with Crippen molar-refractivity contribution in [1.82, 2.24) is 0 Å². The summed E-state index contributed by atoms with van der Waals surface area (Å²) >= 11 is 5.62. The van der Waals surface area contributed by atoms with Gasteiger partial charge in [0.2, 0.25) is 5.91 Å². The number of halogens is 2. The molecule has 1 N–H and O–H groups in total. The van der Waals surface area contributed by atoms with Crippen LogP contribution in [-0.4, -0.2) is 11.9 Å². The van der Waals surface area contributed by atoms with Crippen LogP contribution < -0.4 is 10.4 Å². The summed E-state index contributed by atoms with van der Waals surface area (Å²) in [7, 11) is 0. The van der Waals surface area contributed by atoms with Crippen molar-refractivity contribution >= 4 is 29.2 Å². The minimum Gasteiger partial charge on any atom is -0.550 e. The van der Waals surface area contributed by atoms with Crippen LogP contribution in [0.1, 0.15) is 12.8 Å². The van der Waals surface area contributed by atoms with Gasteiger partial charge in [-0.2, -0.15) is 0 Å². The van der Waals surface area contributed by atoms with Crippen LogP contribution in [0.25, 0.3) is 0 Å². The maximum atomic E-state index is 13.0. The van der Waals surface area contributed by atoms with Gasteiger partial charge in [-0.15, -0.1) is 0 Å². The Kier molecular flexibility index (Phi) is 4.39. The highest BCUT2D eigenvalue weighted by atomic mass is 35.5. The van der Waals surface area contributed by atoms with Crippen molar-refractivity contribution < 1.29 is 19.1 Å². The van der Waals surface area contributed by atoms with Crippen LogP contribution in [0.15, 0.2) is 30.4 Å². The molecule has 0 spiro atoms. The first kappa shape index (κ1) is 14.5. The molecule has 1 aliphatic carbocycles. The van der Waals surface area contributed by atoms with Crippen LogP contribution in [0.4, 0.5) is 10.1 Å². The molecule has 0 bridgehead atoms. The number of benzene rings is 1. The molecule has 0 fully saturated rings. The van der Waals surface area contributed by atoms with Gasteiger partial charge >= 0.3 is 0 Å². The number of carboxylic acid groups (broad SMARTS) is 1. The number of amides is 1. The second-order valence-corrected chi connectivity index (χ2v) is 5.00. The average Bonchev–Trinajstić information content (AvgIpc) is 2.43. The molecule has 0 saturated heterocycles. The molecule has 0 radical (unpaired) electrons. The van der Waals surface area contributed by atoms with Gasteiger partial charge in [0, 0.05) is 17.6 Å². The zero-order valence-electron chi connectivity index (χ0n) is 10.4. The minimum atomic E-state index is -1.24. The Morgan fingerprint density at radius 1 is 1.25 bits per heavy atom. The van der Waals surface area contributed by atoms with E-state index in [0.29, 0.717) is 12.1 Å². The van der Waals surface area contributed by atoms with Crippen molar-refractivity contribution in [2.75, 3.05) is 5.32 Å². The Morgan fingerprint density at radius 3 is 2.50 bits per heavy atom. The van der Waals surface area contributed by atoms with Gasteiger partial charge < -0.3 is 15.2 Å². The standard InChI is InChI=1S/C14H13ClFNO3/c15-11-7-8(5-6-12(11)16)17-13(18)9-3-1-2-4-10(9)14(19)20/h1-2,5-7,9-10H,3-4H2,(H,17,18)(H,19,20)/p-1/t9-,10+/m1/s1. The minimum absolute atomic E-state index is 0.109. The molecule has 6 heteroatoms. The lowest BCUT2D eigenvalue weighted by atomic mass is 9.82. The molecule has 106 valence electrons. The van der Waals surface area contributed by atoms with Crippen molar-refractivity contribution in [3.05, 3.63) is 41.2 Å². The van der Waals surface area contributed by atoms with Gasteiger partial charge in [0.25, 0.3) is 0 Å². The number of hydrogen-bond donors (Lipinski definition) is 1. The lowest BCUT2D eigenvalue weighted by molar-refractivity contribution is -0.313. The average molecular weight is 297 g/mol. The van der Waals surface area contributed by atoms with E-state index in [4.69, 9.17) is 11.6 Å². The van der Waals surface area contributed by atoms with Crippen molar-refractivity contribution in [2.45, 2.75) is 12.8 Å². The summed E-state index contributed by atoms with van der Waals surface area (Å²) in [5, 5.41) is 13.5. The Hall–Kier alpha value is -1.88. The quantitative estimate of drug-likeness (QED) is 0.864. The van der Waals surface area contributed by atoms with E-state index in [1.807, 2.05) is 0 Å². The molecule has 1 aliphatic rings. The topological polar surface area (TPSA) is 69.2 Å². The summed E-state index contributed by atoms with van der Waals surface area (Å²) in [5.74, 6) is -3.82. The SMILES string of the molecule is O=C([O-])[C@H]1CC=CC[C@H]1C(=O)Nc1ccc(F)c(Cl)c1. The first-order chi connectivity index (χ1) is 9.49. The van der Waals surface area contributed by atoms with Crippen molar-refractivity contribution in [3.63, 3.8) is 0 Å². The molecule has 1 aromatic carbocycles. The fourth-order valence-electron chi connectivity index (χ4n) is 2.17. The van der Waals surface area contributed by atoms with E-state index >= 15 is 0 Å². The van der Waals surface area contributed by atoms with Gasteiger partial charge in [-0.05, 0) is 31.0 Å². The first-order valence-electron chi connectivity index (χ1n) is 6.11. The Labute approximate surface area is 120 Å². The number of carboxylic acids is 1. The van der Waals surface area contributed by atoms with E-state index in [1.165, 1.54) is 12.1 Å². The number of nitrogens with one attached hydrogen (secondary N) is 1. The van der Waals surface area contributed by atoms with Gasteiger partial charge in [0.15, 0.2) is 0 Å². The van der Waals surface area contributed by atoms with Crippen LogP contribution in [0.2, 0.25) is 5.02 Å². The summed E-state index contributed by atoms with van der Waals surface area (Å²) in [4.78, 5) is 23.1. The van der Waals surface area contributed by atoms with E-state index < -0.39 is 29.5 Å². The highest BCUT2D eigenvalue weighted by Gasteiger charge is 2.29. The third-order valence-corrected chi connectivity index (χ3v) is 3.55. The van der Waals surface area contributed by atoms with Gasteiger partial charge in [0.05, 0.1) is 10.9 Å². The second-order valence-electron chi connectivity index (χ2n) is 4.59. The first-order valence-corrected chi connectivity index (χ1v) is 6.48. The second kappa shape index (κ2) is 6.05. The highest BCUT2D eigenvalue weighted by Crippen LogP contribution is 2.27. The van der Waals surface area contributed by atoms with Gasteiger partial charge in [-0.3, -0.25) is 4.79 Å². The largest absolute Gasteiger partial charge is 0.550 e. The van der Waals surface area contributed by atoms with E-state index in [0.717, 1.165) is 6.07 Å². The Balaban J connectivity index is 2.12. The van der Waals surface area contributed by atoms with Crippen LogP contribution >= 0.6 is 11.6 Å². The van der Waals surface area contributed by atoms with Gasteiger partial charge in [-0.1, -0.05) is 23.8 Å². The zero-order valence-corrected chi connectivity index (χ0v) is 11.2. The predicted molar refractivity (Wildman–Crippen MR) is 70.4 cm³/mol. The number of anilines is 1. The molecule has 0 aliphatic heterocycles. The maximum Gasteiger partial charge on any atom is 0.228 e. The Morgan fingerprint density at radius 2 is 1.90 bits per heavy atom. The molecular weight excluding hydrogens is 285 g/mol. The molecule has 0 saturated carbocycles. The summed E-state index contributed by atoms with van der Waals surface area (Å²) in [5.41, 5.74) is 0.327. The van der Waals surface area contributed by atoms with Crippen LogP contribution in [0.5, 0.6) is 0 Å². The number of carbonyl (C=O) groups excluding carboxylic acids is 2. The Bertz CT molecular complexity index is 574. The molecule has 1 aromatic rings. The maximum absolute atomic E-state index is 13.0. The lowest BCUT2D eigenvalue weighted by Crippen LogP contribution is -2.41. The smallest absolute Gasteiger partial charge is 0.228 e. The van der Waals surface area contributed by atoms with Crippen LogP contribution in [-0.2, 0) is 9.59 Å². The van der Waals surface area contributed by atoms with Crippen molar-refractivity contribution in [2.24, 2.45) is 11.8 Å². The van der Waals surface area contributed by atoms with E-state index in [-0.39, 0.29) is 11.4 Å². The van der Waals surface area contributed by atoms with Gasteiger partial charge in [-0.25, -0.2) is 4.39 Å². The number of hydrogen-bond acceptors (Lipinski definition) is 3. The molecule has 0 unspecified atom stereocenters. The summed E-state index contributed by atoms with van der Waals surface area (Å²) in [6.45, 7) is 0. The fourth-order valence-corrected chi connectivity index (χ4v) is 2.35. The molecule has 1 amide bonds. The van der Waals surface area contributed by atoms with E-state index in [2.05, 4.69) is 5.32 Å². The molecule has 0 aromatic heterocycles. The number of rotatable bonds is 3. The van der Waals surface area contributed by atoms with E-state index in [1.54, 1.807) is 12.2 Å². The van der Waals surface area contributed by atoms with Crippen molar-refractivity contribution in [3.8, 4) is 0 Å². The van der Waals surface area contributed by atoms with Crippen LogP contribution in [0.3, 0.4) is 0 Å². The zero-order chi connectivity index (χ0) is 14.7. The monoisotopic (exact) mass is 296 g/mol. The summed E-state index contributed by atoms with van der Waals surface area (Å²) in [6, 6.07) is 3.78. The number of aliphatic carboxylic acids is 1. The predicted octanol–water partition coefficient (Wildman–Crippen LogP) is 1.75. The third-order valence-electron chi connectivity index (χ3n) is 3.26. The van der Waals surface area contributed by atoms with Crippen molar-refractivity contribution in [1.29, 1.82) is 0 Å².